The van der Waals surface area contributed by atoms with Gasteiger partial charge in [-0.15, -0.1) is 11.3 Å². The van der Waals surface area contributed by atoms with E-state index in [4.69, 9.17) is 4.74 Å². The second-order valence-corrected chi connectivity index (χ2v) is 6.76. The van der Waals surface area contributed by atoms with Crippen molar-refractivity contribution < 1.29 is 9.53 Å². The van der Waals surface area contributed by atoms with Gasteiger partial charge in [-0.25, -0.2) is 0 Å². The van der Waals surface area contributed by atoms with Crippen molar-refractivity contribution in [1.82, 2.24) is 5.32 Å². The van der Waals surface area contributed by atoms with Crippen molar-refractivity contribution >= 4 is 22.9 Å². The van der Waals surface area contributed by atoms with Crippen molar-refractivity contribution in [3.8, 4) is 0 Å². The summed E-state index contributed by atoms with van der Waals surface area (Å²) in [6.45, 7) is 2.59. The molecule has 1 amide bonds. The highest BCUT2D eigenvalue weighted by Crippen LogP contribution is 2.22. The van der Waals surface area contributed by atoms with Gasteiger partial charge in [0.2, 0.25) is 0 Å². The number of nitrogens with one attached hydrogen (secondary N) is 1. The van der Waals surface area contributed by atoms with Gasteiger partial charge in [0.25, 0.3) is 5.91 Å². The van der Waals surface area contributed by atoms with E-state index in [0.29, 0.717) is 18.2 Å². The van der Waals surface area contributed by atoms with Crippen LogP contribution in [0.3, 0.4) is 0 Å². The SMILES string of the molecule is CO[C@@H]1CCN(c2ccc(C(=O)NCCc3cccs3)cc2)C1. The van der Waals surface area contributed by atoms with Gasteiger partial charge in [-0.05, 0) is 48.6 Å². The van der Waals surface area contributed by atoms with Crippen LogP contribution in [-0.2, 0) is 11.2 Å². The quantitative estimate of drug-likeness (QED) is 0.885. The lowest BCUT2D eigenvalue weighted by Gasteiger charge is -2.18. The standard InChI is InChI=1S/C18H22N2O2S/c1-22-16-9-11-20(13-16)15-6-4-14(5-7-15)18(21)19-10-8-17-3-2-12-23-17/h2-7,12,16H,8-11,13H2,1H3,(H,19,21)/t16-/m1/s1. The molecule has 0 aliphatic carbocycles. The van der Waals surface area contributed by atoms with E-state index in [-0.39, 0.29) is 5.91 Å². The first-order valence-corrected chi connectivity index (χ1v) is 8.82. The first-order valence-electron chi connectivity index (χ1n) is 7.94. The van der Waals surface area contributed by atoms with Crippen LogP contribution in [0, 0.1) is 0 Å². The molecule has 4 nitrogen and oxygen atoms in total. The Morgan fingerprint density at radius 1 is 1.35 bits per heavy atom. The second-order valence-electron chi connectivity index (χ2n) is 5.72. The van der Waals surface area contributed by atoms with E-state index in [1.165, 1.54) is 4.88 Å². The van der Waals surface area contributed by atoms with Crippen molar-refractivity contribution in [2.75, 3.05) is 31.6 Å². The Balaban J connectivity index is 1.51. The molecule has 5 heteroatoms. The molecule has 2 aromatic rings. The molecule has 1 N–H and O–H groups in total. The van der Waals surface area contributed by atoms with Crippen LogP contribution in [0.25, 0.3) is 0 Å². The molecule has 1 saturated heterocycles. The van der Waals surface area contributed by atoms with E-state index in [9.17, 15) is 4.79 Å². The van der Waals surface area contributed by atoms with Gasteiger partial charge in [-0.1, -0.05) is 6.07 Å². The lowest BCUT2D eigenvalue weighted by molar-refractivity contribution is 0.0954. The summed E-state index contributed by atoms with van der Waals surface area (Å²) in [6, 6.07) is 12.0. The fraction of sp³-hybridized carbons (Fsp3) is 0.389. The summed E-state index contributed by atoms with van der Waals surface area (Å²) in [7, 11) is 1.76. The number of rotatable bonds is 6. The molecule has 0 saturated carbocycles. The predicted molar refractivity (Wildman–Crippen MR) is 94.4 cm³/mol. The van der Waals surface area contributed by atoms with E-state index in [1.54, 1.807) is 18.4 Å². The van der Waals surface area contributed by atoms with Crippen LogP contribution in [0.5, 0.6) is 0 Å². The van der Waals surface area contributed by atoms with Gasteiger partial charge in [0.1, 0.15) is 0 Å². The molecule has 1 aliphatic heterocycles. The fourth-order valence-corrected chi connectivity index (χ4v) is 3.54. The maximum Gasteiger partial charge on any atom is 0.251 e. The summed E-state index contributed by atoms with van der Waals surface area (Å²) in [4.78, 5) is 15.8. The number of amides is 1. The fourth-order valence-electron chi connectivity index (χ4n) is 2.83. The molecule has 3 rings (SSSR count). The smallest absolute Gasteiger partial charge is 0.251 e. The third kappa shape index (κ3) is 4.12. The van der Waals surface area contributed by atoms with Gasteiger partial charge in [-0.2, -0.15) is 0 Å². The molecule has 1 aromatic carbocycles. The number of benzene rings is 1. The van der Waals surface area contributed by atoms with E-state index in [2.05, 4.69) is 21.7 Å². The summed E-state index contributed by atoms with van der Waals surface area (Å²) >= 11 is 1.72. The van der Waals surface area contributed by atoms with Gasteiger partial charge in [0.05, 0.1) is 6.10 Å². The number of nitrogens with zero attached hydrogens (tertiary/aromatic N) is 1. The number of ether oxygens (including phenoxy) is 1. The minimum Gasteiger partial charge on any atom is -0.380 e. The summed E-state index contributed by atoms with van der Waals surface area (Å²) in [5, 5.41) is 5.03. The van der Waals surface area contributed by atoms with Crippen LogP contribution in [0.1, 0.15) is 21.7 Å². The minimum absolute atomic E-state index is 0.00991. The van der Waals surface area contributed by atoms with Crippen LogP contribution in [-0.4, -0.2) is 38.8 Å². The first kappa shape index (κ1) is 16.0. The molecular weight excluding hydrogens is 308 g/mol. The van der Waals surface area contributed by atoms with E-state index < -0.39 is 0 Å². The Hall–Kier alpha value is -1.85. The number of anilines is 1. The summed E-state index contributed by atoms with van der Waals surface area (Å²) < 4.78 is 5.39. The number of hydrogen-bond acceptors (Lipinski definition) is 4. The molecule has 0 unspecified atom stereocenters. The Morgan fingerprint density at radius 3 is 2.83 bits per heavy atom. The average molecular weight is 330 g/mol. The number of carbonyl (C=O) groups excluding carboxylic acids is 1. The largest absolute Gasteiger partial charge is 0.380 e. The molecule has 1 fully saturated rings. The maximum atomic E-state index is 12.2. The zero-order chi connectivity index (χ0) is 16.1. The van der Waals surface area contributed by atoms with E-state index >= 15 is 0 Å². The van der Waals surface area contributed by atoms with E-state index in [0.717, 1.165) is 31.6 Å². The molecule has 0 radical (unpaired) electrons. The Labute approximate surface area is 141 Å². The maximum absolute atomic E-state index is 12.2. The van der Waals surface area contributed by atoms with Crippen molar-refractivity contribution in [2.24, 2.45) is 0 Å². The highest BCUT2D eigenvalue weighted by atomic mass is 32.1. The second kappa shape index (κ2) is 7.62. The third-order valence-electron chi connectivity index (χ3n) is 4.21. The highest BCUT2D eigenvalue weighted by Gasteiger charge is 2.22. The number of thiophene rings is 1. The summed E-state index contributed by atoms with van der Waals surface area (Å²) in [6.07, 6.45) is 2.25. The van der Waals surface area contributed by atoms with Gasteiger partial charge >= 0.3 is 0 Å². The van der Waals surface area contributed by atoms with Crippen LogP contribution < -0.4 is 10.2 Å². The summed E-state index contributed by atoms with van der Waals surface area (Å²) in [5.41, 5.74) is 1.86. The topological polar surface area (TPSA) is 41.6 Å². The highest BCUT2D eigenvalue weighted by molar-refractivity contribution is 7.09. The van der Waals surface area contributed by atoms with Crippen LogP contribution in [0.2, 0.25) is 0 Å². The predicted octanol–water partition coefficient (Wildman–Crippen LogP) is 2.95. The molecule has 0 spiro atoms. The Kier molecular flexibility index (Phi) is 5.31. The molecule has 122 valence electrons. The first-order chi connectivity index (χ1) is 11.3. The average Bonchev–Trinajstić information content (AvgIpc) is 3.26. The van der Waals surface area contributed by atoms with Crippen molar-refractivity contribution in [1.29, 1.82) is 0 Å². The van der Waals surface area contributed by atoms with Gasteiger partial charge in [-0.3, -0.25) is 4.79 Å². The normalized spacial score (nSPS) is 17.4. The molecular formula is C18H22N2O2S. The van der Waals surface area contributed by atoms with Gasteiger partial charge in [0, 0.05) is 42.9 Å². The molecule has 2 heterocycles. The van der Waals surface area contributed by atoms with Crippen LogP contribution in [0.15, 0.2) is 41.8 Å². The van der Waals surface area contributed by atoms with Crippen LogP contribution >= 0.6 is 11.3 Å². The molecule has 23 heavy (non-hydrogen) atoms. The zero-order valence-corrected chi connectivity index (χ0v) is 14.1. The minimum atomic E-state index is -0.00991. The van der Waals surface area contributed by atoms with Crippen LogP contribution in [0.4, 0.5) is 5.69 Å². The molecule has 1 aromatic heterocycles. The van der Waals surface area contributed by atoms with Gasteiger partial charge in [0.15, 0.2) is 0 Å². The van der Waals surface area contributed by atoms with E-state index in [1.807, 2.05) is 30.3 Å². The summed E-state index contributed by atoms with van der Waals surface area (Å²) in [5.74, 6) is -0.00991. The third-order valence-corrected chi connectivity index (χ3v) is 5.15. The van der Waals surface area contributed by atoms with Gasteiger partial charge < -0.3 is 15.0 Å². The zero-order valence-electron chi connectivity index (χ0n) is 13.3. The lowest BCUT2D eigenvalue weighted by Crippen LogP contribution is -2.26. The lowest BCUT2D eigenvalue weighted by atomic mass is 10.2. The number of hydrogen-bond donors (Lipinski definition) is 1. The molecule has 0 bridgehead atoms. The van der Waals surface area contributed by atoms with Crippen molar-refractivity contribution in [2.45, 2.75) is 18.9 Å². The number of methoxy groups -OCH3 is 1. The number of carbonyl (C=O) groups is 1. The Bertz CT molecular complexity index is 625. The molecule has 1 atom stereocenters. The molecule has 1 aliphatic rings. The van der Waals surface area contributed by atoms with Crippen molar-refractivity contribution in [3.63, 3.8) is 0 Å². The van der Waals surface area contributed by atoms with Crippen molar-refractivity contribution in [3.05, 3.63) is 52.2 Å². The monoisotopic (exact) mass is 330 g/mol. The Morgan fingerprint density at radius 2 is 2.17 bits per heavy atom.